The molecule has 1 aliphatic rings. The molecule has 0 aliphatic carbocycles. The van der Waals surface area contributed by atoms with Gasteiger partial charge in [-0.2, -0.15) is 0 Å². The zero-order chi connectivity index (χ0) is 7.83. The van der Waals surface area contributed by atoms with Gasteiger partial charge in [-0.15, -0.1) is 0 Å². The van der Waals surface area contributed by atoms with Crippen molar-refractivity contribution in [2.45, 2.75) is 33.3 Å². The molecule has 0 amide bonds. The second kappa shape index (κ2) is 2.00. The summed E-state index contributed by atoms with van der Waals surface area (Å²) in [6, 6.07) is 0. The van der Waals surface area contributed by atoms with Crippen LogP contribution in [0, 0.1) is 17.3 Å². The highest BCUT2D eigenvalue weighted by molar-refractivity contribution is 5.21. The van der Waals surface area contributed by atoms with Crippen LogP contribution >= 0.6 is 0 Å². The fourth-order valence-corrected chi connectivity index (χ4v) is 0.500. The molecule has 1 fully saturated rings. The number of ether oxygens (including phenoxy) is 1. The monoisotopic (exact) mass is 138 g/mol. The van der Waals surface area contributed by atoms with Crippen molar-refractivity contribution in [1.29, 1.82) is 0 Å². The van der Waals surface area contributed by atoms with Gasteiger partial charge in [0.2, 0.25) is 0 Å². The first-order valence-electron chi connectivity index (χ1n) is 3.60. The summed E-state index contributed by atoms with van der Waals surface area (Å²) in [5.41, 5.74) is 0.00222. The van der Waals surface area contributed by atoms with E-state index in [1.807, 2.05) is 6.92 Å². The lowest BCUT2D eigenvalue weighted by Crippen LogP contribution is -2.04. The third-order valence-corrected chi connectivity index (χ3v) is 1.28. The zero-order valence-corrected chi connectivity index (χ0v) is 7.12. The van der Waals surface area contributed by atoms with E-state index in [0.717, 1.165) is 6.61 Å². The Balaban J connectivity index is 2.54. The average molecular weight is 138 g/mol. The lowest BCUT2D eigenvalue weighted by atomic mass is 9.97. The van der Waals surface area contributed by atoms with E-state index in [1.54, 1.807) is 0 Å². The van der Waals surface area contributed by atoms with Gasteiger partial charge in [-0.25, -0.2) is 0 Å². The molecule has 0 saturated carbocycles. The molecule has 1 heteroatoms. The molecule has 0 N–H and O–H groups in total. The molecule has 1 nitrogen and oxygen atoms in total. The average Bonchev–Trinajstić information content (AvgIpc) is 2.43. The summed E-state index contributed by atoms with van der Waals surface area (Å²) in [7, 11) is 0. The van der Waals surface area contributed by atoms with E-state index in [4.69, 9.17) is 4.74 Å². The molecule has 0 aromatic carbocycles. The normalized spacial score (nSPS) is 30.8. The molecular weight excluding hydrogens is 124 g/mol. The standard InChI is InChI=1S/C9H14O/c1-8(2,3)5-6-9(4)7-10-9/h7H2,1-4H3. The number of rotatable bonds is 0. The minimum Gasteiger partial charge on any atom is -0.356 e. The van der Waals surface area contributed by atoms with E-state index in [0.29, 0.717) is 0 Å². The number of hydrogen-bond donors (Lipinski definition) is 0. The summed E-state index contributed by atoms with van der Waals surface area (Å²) >= 11 is 0. The SMILES string of the molecule is CC(C)(C)C#CC1(C)CO1. The molecule has 1 rings (SSSR count). The third kappa shape index (κ3) is 2.41. The third-order valence-electron chi connectivity index (χ3n) is 1.28. The quantitative estimate of drug-likeness (QED) is 0.367. The maximum absolute atomic E-state index is 5.12. The highest BCUT2D eigenvalue weighted by atomic mass is 16.6. The Morgan fingerprint density at radius 1 is 1.40 bits per heavy atom. The van der Waals surface area contributed by atoms with Gasteiger partial charge < -0.3 is 4.74 Å². The molecule has 0 aromatic rings. The van der Waals surface area contributed by atoms with Crippen molar-refractivity contribution >= 4 is 0 Å². The summed E-state index contributed by atoms with van der Waals surface area (Å²) in [5.74, 6) is 6.25. The van der Waals surface area contributed by atoms with Gasteiger partial charge >= 0.3 is 0 Å². The summed E-state index contributed by atoms with van der Waals surface area (Å²) in [6.07, 6.45) is 0. The Labute approximate surface area is 62.8 Å². The molecule has 10 heavy (non-hydrogen) atoms. The maximum atomic E-state index is 5.12. The van der Waals surface area contributed by atoms with Crippen LogP contribution in [0.1, 0.15) is 27.7 Å². The van der Waals surface area contributed by atoms with Gasteiger partial charge in [-0.3, -0.25) is 0 Å². The van der Waals surface area contributed by atoms with Crippen LogP contribution in [0.5, 0.6) is 0 Å². The van der Waals surface area contributed by atoms with E-state index in [2.05, 4.69) is 32.6 Å². The molecular formula is C9H14O. The second-order valence-corrected chi connectivity index (χ2v) is 4.02. The minimum atomic E-state index is -0.104. The fourth-order valence-electron chi connectivity index (χ4n) is 0.500. The van der Waals surface area contributed by atoms with Crippen LogP contribution in [0.15, 0.2) is 0 Å². The van der Waals surface area contributed by atoms with Gasteiger partial charge in [0, 0.05) is 5.41 Å². The van der Waals surface area contributed by atoms with E-state index in [9.17, 15) is 0 Å². The molecule has 0 aromatic heterocycles. The van der Waals surface area contributed by atoms with Crippen molar-refractivity contribution in [2.75, 3.05) is 6.61 Å². The molecule has 56 valence electrons. The molecule has 0 radical (unpaired) electrons. The molecule has 1 atom stereocenters. The first-order valence-corrected chi connectivity index (χ1v) is 3.60. The Morgan fingerprint density at radius 2 is 1.90 bits per heavy atom. The van der Waals surface area contributed by atoms with Gasteiger partial charge in [0.1, 0.15) is 5.60 Å². The lowest BCUT2D eigenvalue weighted by molar-refractivity contribution is 0.377. The first-order chi connectivity index (χ1) is 4.41. The van der Waals surface area contributed by atoms with Crippen LogP contribution in [-0.2, 0) is 4.74 Å². The van der Waals surface area contributed by atoms with Crippen molar-refractivity contribution in [1.82, 2.24) is 0 Å². The van der Waals surface area contributed by atoms with Crippen LogP contribution in [0.2, 0.25) is 0 Å². The van der Waals surface area contributed by atoms with Crippen LogP contribution < -0.4 is 0 Å². The second-order valence-electron chi connectivity index (χ2n) is 4.02. The highest BCUT2D eigenvalue weighted by Gasteiger charge is 2.37. The van der Waals surface area contributed by atoms with E-state index < -0.39 is 0 Å². The Kier molecular flexibility index (Phi) is 1.53. The molecule has 1 unspecified atom stereocenters. The minimum absolute atomic E-state index is 0.104. The maximum Gasteiger partial charge on any atom is 0.149 e. The zero-order valence-electron chi connectivity index (χ0n) is 7.12. The van der Waals surface area contributed by atoms with Crippen molar-refractivity contribution < 1.29 is 4.74 Å². The van der Waals surface area contributed by atoms with E-state index >= 15 is 0 Å². The largest absolute Gasteiger partial charge is 0.356 e. The topological polar surface area (TPSA) is 12.5 Å². The summed E-state index contributed by atoms with van der Waals surface area (Å²) in [5, 5.41) is 0. The molecule has 1 aliphatic heterocycles. The summed E-state index contributed by atoms with van der Waals surface area (Å²) in [6.45, 7) is 9.13. The van der Waals surface area contributed by atoms with Gasteiger partial charge in [0.15, 0.2) is 0 Å². The van der Waals surface area contributed by atoms with Crippen molar-refractivity contribution in [3.63, 3.8) is 0 Å². The molecule has 0 bridgehead atoms. The Morgan fingerprint density at radius 3 is 2.20 bits per heavy atom. The van der Waals surface area contributed by atoms with Crippen molar-refractivity contribution in [3.8, 4) is 11.8 Å². The summed E-state index contributed by atoms with van der Waals surface area (Å²) < 4.78 is 5.12. The van der Waals surface area contributed by atoms with Gasteiger partial charge in [-0.05, 0) is 27.7 Å². The van der Waals surface area contributed by atoms with E-state index in [-0.39, 0.29) is 11.0 Å². The summed E-state index contributed by atoms with van der Waals surface area (Å²) in [4.78, 5) is 0. The fraction of sp³-hybridized carbons (Fsp3) is 0.778. The number of epoxide rings is 1. The van der Waals surface area contributed by atoms with Crippen LogP contribution in [0.25, 0.3) is 0 Å². The highest BCUT2D eigenvalue weighted by Crippen LogP contribution is 2.25. The Bertz CT molecular complexity index is 174. The van der Waals surface area contributed by atoms with Gasteiger partial charge in [-0.1, -0.05) is 11.8 Å². The predicted molar refractivity (Wildman–Crippen MR) is 41.6 cm³/mol. The number of hydrogen-bond acceptors (Lipinski definition) is 1. The van der Waals surface area contributed by atoms with Crippen molar-refractivity contribution in [3.05, 3.63) is 0 Å². The first kappa shape index (κ1) is 7.63. The van der Waals surface area contributed by atoms with Crippen molar-refractivity contribution in [2.24, 2.45) is 5.41 Å². The molecule has 0 spiro atoms. The smallest absolute Gasteiger partial charge is 0.149 e. The molecule has 1 saturated heterocycles. The van der Waals surface area contributed by atoms with Gasteiger partial charge in [0.05, 0.1) is 6.61 Å². The molecule has 1 heterocycles. The predicted octanol–water partition coefficient (Wildman–Crippen LogP) is 1.82. The van der Waals surface area contributed by atoms with E-state index in [1.165, 1.54) is 0 Å². The van der Waals surface area contributed by atoms with Crippen LogP contribution in [0.4, 0.5) is 0 Å². The lowest BCUT2D eigenvalue weighted by Gasteiger charge is -2.07. The Hall–Kier alpha value is -0.480. The van der Waals surface area contributed by atoms with Crippen LogP contribution in [0.3, 0.4) is 0 Å². The van der Waals surface area contributed by atoms with Crippen LogP contribution in [-0.4, -0.2) is 12.2 Å². The van der Waals surface area contributed by atoms with Gasteiger partial charge in [0.25, 0.3) is 0 Å².